The lowest BCUT2D eigenvalue weighted by Crippen LogP contribution is -2.51. The Bertz CT molecular complexity index is 878. The molecule has 2 fully saturated rings. The predicted octanol–water partition coefficient (Wildman–Crippen LogP) is 3.16. The maximum Gasteiger partial charge on any atom is 0.243 e. The molecule has 1 saturated heterocycles. The van der Waals surface area contributed by atoms with Crippen molar-refractivity contribution in [3.8, 4) is 5.75 Å². The third kappa shape index (κ3) is 4.36. The topological polar surface area (TPSA) is 66.9 Å². The first-order valence-electron chi connectivity index (χ1n) is 10.3. The third-order valence-corrected chi connectivity index (χ3v) is 7.93. The van der Waals surface area contributed by atoms with Crippen molar-refractivity contribution in [1.29, 1.82) is 0 Å². The second kappa shape index (κ2) is 8.11. The summed E-state index contributed by atoms with van der Waals surface area (Å²) in [6.45, 7) is 12.3. The van der Waals surface area contributed by atoms with Crippen molar-refractivity contribution in [1.82, 2.24) is 9.21 Å². The normalized spacial score (nSPS) is 24.1. The Labute approximate surface area is 174 Å². The lowest BCUT2D eigenvalue weighted by Gasteiger charge is -2.34. The van der Waals surface area contributed by atoms with Crippen LogP contribution in [0, 0.1) is 17.3 Å². The average molecular weight is 421 g/mol. The van der Waals surface area contributed by atoms with Crippen LogP contribution in [0.5, 0.6) is 5.75 Å². The van der Waals surface area contributed by atoms with Crippen LogP contribution in [0.3, 0.4) is 0 Å². The molecular weight excluding hydrogens is 388 g/mol. The van der Waals surface area contributed by atoms with Gasteiger partial charge in [-0.15, -0.1) is 0 Å². The van der Waals surface area contributed by atoms with Gasteiger partial charge in [-0.3, -0.25) is 4.79 Å². The van der Waals surface area contributed by atoms with E-state index in [0.717, 1.165) is 0 Å². The Hall–Kier alpha value is -1.86. The van der Waals surface area contributed by atoms with Crippen LogP contribution >= 0.6 is 0 Å². The van der Waals surface area contributed by atoms with E-state index in [9.17, 15) is 13.2 Å². The summed E-state index contributed by atoms with van der Waals surface area (Å²) in [6, 6.07) is 6.51. The van der Waals surface area contributed by atoms with Gasteiger partial charge in [0.15, 0.2) is 0 Å². The van der Waals surface area contributed by atoms with Gasteiger partial charge in [-0.2, -0.15) is 4.31 Å². The molecule has 1 saturated carbocycles. The third-order valence-electron chi connectivity index (χ3n) is 6.01. The molecule has 6 nitrogen and oxygen atoms in total. The smallest absolute Gasteiger partial charge is 0.243 e. The van der Waals surface area contributed by atoms with Crippen LogP contribution < -0.4 is 4.74 Å². The largest absolute Gasteiger partial charge is 0.494 e. The van der Waals surface area contributed by atoms with E-state index >= 15 is 0 Å². The highest BCUT2D eigenvalue weighted by molar-refractivity contribution is 7.89. The number of hydrogen-bond acceptors (Lipinski definition) is 4. The highest BCUT2D eigenvalue weighted by Gasteiger charge is 2.61. The molecule has 2 aliphatic rings. The number of piperazine rings is 1. The van der Waals surface area contributed by atoms with Crippen LogP contribution in [0.1, 0.15) is 34.6 Å². The molecule has 0 N–H and O–H groups in total. The zero-order valence-electron chi connectivity index (χ0n) is 18.0. The molecule has 3 rings (SSSR count). The van der Waals surface area contributed by atoms with Crippen molar-refractivity contribution in [2.24, 2.45) is 17.3 Å². The Morgan fingerprint density at radius 1 is 1.14 bits per heavy atom. The number of allylic oxidation sites excluding steroid dienone is 2. The first-order valence-corrected chi connectivity index (χ1v) is 11.7. The quantitative estimate of drug-likeness (QED) is 0.663. The number of ether oxygens (including phenoxy) is 1. The first-order chi connectivity index (χ1) is 13.6. The minimum atomic E-state index is -3.57. The van der Waals surface area contributed by atoms with Gasteiger partial charge in [0.05, 0.1) is 17.4 Å². The van der Waals surface area contributed by atoms with Crippen LogP contribution in [0.15, 0.2) is 40.8 Å². The van der Waals surface area contributed by atoms with Gasteiger partial charge < -0.3 is 9.64 Å². The second-order valence-corrected chi connectivity index (χ2v) is 10.6. The van der Waals surface area contributed by atoms with Gasteiger partial charge in [-0.05, 0) is 56.4 Å². The van der Waals surface area contributed by atoms with Crippen LogP contribution in [0.2, 0.25) is 0 Å². The first kappa shape index (κ1) is 21.8. The number of benzene rings is 1. The minimum absolute atomic E-state index is 0.00772. The number of sulfonamides is 1. The molecule has 0 radical (unpaired) electrons. The average Bonchev–Trinajstić information content (AvgIpc) is 3.21. The minimum Gasteiger partial charge on any atom is -0.494 e. The van der Waals surface area contributed by atoms with Gasteiger partial charge in [0.1, 0.15) is 5.75 Å². The van der Waals surface area contributed by atoms with Crippen molar-refractivity contribution in [3.63, 3.8) is 0 Å². The van der Waals surface area contributed by atoms with Crippen LogP contribution in [-0.4, -0.2) is 56.3 Å². The highest BCUT2D eigenvalue weighted by atomic mass is 32.2. The molecule has 1 heterocycles. The summed E-state index contributed by atoms with van der Waals surface area (Å²) >= 11 is 0. The maximum absolute atomic E-state index is 13.0. The second-order valence-electron chi connectivity index (χ2n) is 8.70. The summed E-state index contributed by atoms with van der Waals surface area (Å²) in [7, 11) is -3.57. The van der Waals surface area contributed by atoms with E-state index in [0.29, 0.717) is 38.5 Å². The van der Waals surface area contributed by atoms with Crippen molar-refractivity contribution < 1.29 is 17.9 Å². The van der Waals surface area contributed by atoms with Gasteiger partial charge in [0.25, 0.3) is 0 Å². The molecule has 29 heavy (non-hydrogen) atoms. The van der Waals surface area contributed by atoms with Gasteiger partial charge in [0.2, 0.25) is 15.9 Å². The summed E-state index contributed by atoms with van der Waals surface area (Å²) in [6.07, 6.45) is 2.19. The molecule has 1 amide bonds. The van der Waals surface area contributed by atoms with E-state index in [-0.39, 0.29) is 28.1 Å². The van der Waals surface area contributed by atoms with Crippen molar-refractivity contribution in [3.05, 3.63) is 35.9 Å². The van der Waals surface area contributed by atoms with Crippen molar-refractivity contribution in [2.45, 2.75) is 39.5 Å². The molecule has 0 bridgehead atoms. The van der Waals surface area contributed by atoms with Crippen molar-refractivity contribution >= 4 is 15.9 Å². The van der Waals surface area contributed by atoms with Crippen LogP contribution in [0.25, 0.3) is 0 Å². The SMILES string of the molecule is CCOc1ccc(S(=O)(=O)N2CCN(C(=O)[C@@H]3[C@@H](C=C(C)C)C3(C)C)CC2)cc1. The fourth-order valence-electron chi connectivity index (χ4n) is 4.19. The Kier molecular flexibility index (Phi) is 6.11. The fourth-order valence-corrected chi connectivity index (χ4v) is 5.61. The molecule has 1 aliphatic carbocycles. The number of carbonyl (C=O) groups excluding carboxylic acids is 1. The fraction of sp³-hybridized carbons (Fsp3) is 0.591. The maximum atomic E-state index is 13.0. The monoisotopic (exact) mass is 420 g/mol. The van der Waals surface area contributed by atoms with Gasteiger partial charge in [-0.1, -0.05) is 25.5 Å². The van der Waals surface area contributed by atoms with E-state index in [1.54, 1.807) is 24.3 Å². The lowest BCUT2D eigenvalue weighted by molar-refractivity contribution is -0.134. The Morgan fingerprint density at radius 2 is 1.72 bits per heavy atom. The molecule has 1 aromatic rings. The van der Waals surface area contributed by atoms with Gasteiger partial charge >= 0.3 is 0 Å². The lowest BCUT2D eigenvalue weighted by atomic mass is 10.1. The number of amides is 1. The molecule has 0 spiro atoms. The summed E-state index contributed by atoms with van der Waals surface area (Å²) < 4.78 is 32.7. The molecule has 1 aliphatic heterocycles. The van der Waals surface area contributed by atoms with E-state index in [2.05, 4.69) is 33.8 Å². The summed E-state index contributed by atoms with van der Waals surface area (Å²) in [5.74, 6) is 1.06. The van der Waals surface area contributed by atoms with E-state index < -0.39 is 10.0 Å². The van der Waals surface area contributed by atoms with E-state index in [1.807, 2.05) is 11.8 Å². The zero-order valence-corrected chi connectivity index (χ0v) is 18.8. The van der Waals surface area contributed by atoms with E-state index in [4.69, 9.17) is 4.74 Å². The summed E-state index contributed by atoms with van der Waals surface area (Å²) in [5, 5.41) is 0. The Balaban J connectivity index is 1.63. The number of carbonyl (C=O) groups is 1. The molecule has 2 atom stereocenters. The summed E-state index contributed by atoms with van der Waals surface area (Å²) in [5.41, 5.74) is 1.20. The molecule has 0 unspecified atom stereocenters. The van der Waals surface area contributed by atoms with Gasteiger partial charge in [0, 0.05) is 26.2 Å². The van der Waals surface area contributed by atoms with Crippen molar-refractivity contribution in [2.75, 3.05) is 32.8 Å². The molecule has 7 heteroatoms. The van der Waals surface area contributed by atoms with Gasteiger partial charge in [-0.25, -0.2) is 8.42 Å². The van der Waals surface area contributed by atoms with E-state index in [1.165, 1.54) is 9.88 Å². The number of nitrogens with zero attached hydrogens (tertiary/aromatic N) is 2. The van der Waals surface area contributed by atoms with Crippen LogP contribution in [0.4, 0.5) is 0 Å². The predicted molar refractivity (Wildman–Crippen MR) is 113 cm³/mol. The van der Waals surface area contributed by atoms with Crippen LogP contribution in [-0.2, 0) is 14.8 Å². The zero-order chi connectivity index (χ0) is 21.4. The molecule has 0 aromatic heterocycles. The summed E-state index contributed by atoms with van der Waals surface area (Å²) in [4.78, 5) is 15.1. The number of hydrogen-bond donors (Lipinski definition) is 0. The molecule has 1 aromatic carbocycles. The Morgan fingerprint density at radius 3 is 2.24 bits per heavy atom. The standard InChI is InChI=1S/C22H32N2O4S/c1-6-28-17-7-9-18(10-8-17)29(26,27)24-13-11-23(12-14-24)21(25)20-19(15-16(2)3)22(20,4)5/h7-10,15,19-20H,6,11-14H2,1-5H3/t19-,20+/m1/s1. The molecule has 160 valence electrons. The molecular formula is C22H32N2O4S. The highest BCUT2D eigenvalue weighted by Crippen LogP contribution is 2.60. The number of rotatable bonds is 6.